The Kier molecular flexibility index (Phi) is 4.68. The van der Waals surface area contributed by atoms with Crippen molar-refractivity contribution in [3.05, 3.63) is 40.5 Å². The average molecular weight is 347 g/mol. The van der Waals surface area contributed by atoms with Crippen molar-refractivity contribution in [1.29, 1.82) is 0 Å². The largest absolute Gasteiger partial charge is 0.354 e. The first-order chi connectivity index (χ1) is 11.4. The van der Waals surface area contributed by atoms with Crippen molar-refractivity contribution in [3.63, 3.8) is 0 Å². The van der Waals surface area contributed by atoms with E-state index in [2.05, 4.69) is 31.2 Å². The van der Waals surface area contributed by atoms with Crippen LogP contribution in [-0.2, 0) is 5.41 Å². The summed E-state index contributed by atoms with van der Waals surface area (Å²) < 4.78 is 5.35. The highest BCUT2D eigenvalue weighted by molar-refractivity contribution is 6.35. The lowest BCUT2D eigenvalue weighted by molar-refractivity contribution is 0.0929. The first-order valence-corrected chi connectivity index (χ1v) is 8.81. The van der Waals surface area contributed by atoms with Gasteiger partial charge in [0.2, 0.25) is 0 Å². The lowest BCUT2D eigenvalue weighted by Gasteiger charge is -2.18. The molecular formula is C19H23ClN2O2. The number of hydrogen-bond donors (Lipinski definition) is 1. The fraction of sp³-hybridized carbons (Fsp3) is 0.474. The number of rotatable bonds is 3. The lowest BCUT2D eigenvalue weighted by atomic mass is 9.86. The number of nitrogens with one attached hydrogen (secondary N) is 1. The summed E-state index contributed by atoms with van der Waals surface area (Å²) in [6.07, 6.45) is 4.34. The van der Waals surface area contributed by atoms with Gasteiger partial charge in [0, 0.05) is 11.6 Å². The highest BCUT2D eigenvalue weighted by Crippen LogP contribution is 2.32. The molecule has 0 atom stereocenters. The molecule has 1 amide bonds. The molecule has 2 aromatic rings. The van der Waals surface area contributed by atoms with Gasteiger partial charge in [0.1, 0.15) is 5.02 Å². The van der Waals surface area contributed by atoms with E-state index in [0.717, 1.165) is 31.2 Å². The van der Waals surface area contributed by atoms with E-state index in [9.17, 15) is 4.79 Å². The first kappa shape index (κ1) is 17.0. The SMILES string of the molecule is CC(C)(C)c1ccc(-c2onc(C(=O)NC3CCCC3)c2Cl)cc1. The van der Waals surface area contributed by atoms with Crippen molar-refractivity contribution in [1.82, 2.24) is 10.5 Å². The smallest absolute Gasteiger partial charge is 0.275 e. The topological polar surface area (TPSA) is 55.1 Å². The summed E-state index contributed by atoms with van der Waals surface area (Å²) in [5.41, 5.74) is 2.29. The fourth-order valence-electron chi connectivity index (χ4n) is 3.05. The van der Waals surface area contributed by atoms with Crippen LogP contribution in [0.25, 0.3) is 11.3 Å². The van der Waals surface area contributed by atoms with Gasteiger partial charge in [-0.25, -0.2) is 0 Å². The third-order valence-corrected chi connectivity index (χ3v) is 4.90. The van der Waals surface area contributed by atoms with Crippen LogP contribution in [0.2, 0.25) is 5.02 Å². The molecule has 1 aliphatic carbocycles. The zero-order chi connectivity index (χ0) is 17.3. The van der Waals surface area contributed by atoms with E-state index in [0.29, 0.717) is 5.76 Å². The predicted molar refractivity (Wildman–Crippen MR) is 95.4 cm³/mol. The fourth-order valence-corrected chi connectivity index (χ4v) is 3.31. The van der Waals surface area contributed by atoms with Gasteiger partial charge in [-0.1, -0.05) is 74.6 Å². The molecule has 1 saturated carbocycles. The number of carbonyl (C=O) groups is 1. The van der Waals surface area contributed by atoms with E-state index >= 15 is 0 Å². The van der Waals surface area contributed by atoms with Gasteiger partial charge in [-0.05, 0) is 23.8 Å². The third kappa shape index (κ3) is 3.48. The Morgan fingerprint density at radius 2 is 1.83 bits per heavy atom. The standard InChI is InChI=1S/C19H23ClN2O2/c1-19(2,3)13-10-8-12(9-11-13)17-15(20)16(22-24-17)18(23)21-14-6-4-5-7-14/h8-11,14H,4-7H2,1-3H3,(H,21,23). The summed E-state index contributed by atoms with van der Waals surface area (Å²) in [5, 5.41) is 7.14. The minimum atomic E-state index is -0.256. The Morgan fingerprint density at radius 3 is 2.42 bits per heavy atom. The molecule has 0 bridgehead atoms. The molecule has 5 heteroatoms. The Morgan fingerprint density at radius 1 is 1.21 bits per heavy atom. The van der Waals surface area contributed by atoms with Crippen LogP contribution < -0.4 is 5.32 Å². The van der Waals surface area contributed by atoms with Crippen molar-refractivity contribution in [2.45, 2.75) is 57.9 Å². The van der Waals surface area contributed by atoms with E-state index < -0.39 is 0 Å². The number of hydrogen-bond acceptors (Lipinski definition) is 3. The molecule has 1 heterocycles. The summed E-state index contributed by atoms with van der Waals surface area (Å²) in [6, 6.07) is 8.22. The van der Waals surface area contributed by atoms with Crippen LogP contribution in [0.3, 0.4) is 0 Å². The molecule has 1 aliphatic rings. The second kappa shape index (κ2) is 6.60. The van der Waals surface area contributed by atoms with Crippen molar-refractivity contribution in [2.75, 3.05) is 0 Å². The number of nitrogens with zero attached hydrogens (tertiary/aromatic N) is 1. The van der Waals surface area contributed by atoms with Crippen LogP contribution in [0.4, 0.5) is 0 Å². The Bertz CT molecular complexity index is 723. The third-order valence-electron chi connectivity index (χ3n) is 4.55. The van der Waals surface area contributed by atoms with E-state index in [4.69, 9.17) is 16.1 Å². The van der Waals surface area contributed by atoms with E-state index in [1.54, 1.807) is 0 Å². The molecule has 0 aliphatic heterocycles. The summed E-state index contributed by atoms with van der Waals surface area (Å²) in [5.74, 6) is 0.182. The molecule has 0 spiro atoms. The second-order valence-electron chi connectivity index (χ2n) is 7.46. The van der Waals surface area contributed by atoms with Crippen molar-refractivity contribution < 1.29 is 9.32 Å². The maximum absolute atomic E-state index is 12.3. The molecule has 1 N–H and O–H groups in total. The van der Waals surface area contributed by atoms with Gasteiger partial charge < -0.3 is 9.84 Å². The number of halogens is 1. The van der Waals surface area contributed by atoms with Crippen LogP contribution in [0.1, 0.15) is 62.5 Å². The normalized spacial score (nSPS) is 15.7. The van der Waals surface area contributed by atoms with E-state index in [1.807, 2.05) is 24.3 Å². The van der Waals surface area contributed by atoms with E-state index in [-0.39, 0.29) is 28.1 Å². The second-order valence-corrected chi connectivity index (χ2v) is 7.83. The molecule has 1 aromatic carbocycles. The maximum Gasteiger partial charge on any atom is 0.275 e. The van der Waals surface area contributed by atoms with Crippen LogP contribution >= 0.6 is 11.6 Å². The molecule has 1 aromatic heterocycles. The van der Waals surface area contributed by atoms with Gasteiger partial charge in [-0.15, -0.1) is 0 Å². The van der Waals surface area contributed by atoms with Gasteiger partial charge in [0.25, 0.3) is 5.91 Å². The number of aromatic nitrogens is 1. The summed E-state index contributed by atoms with van der Waals surface area (Å²) in [4.78, 5) is 12.3. The first-order valence-electron chi connectivity index (χ1n) is 8.43. The Labute approximate surface area is 147 Å². The number of carbonyl (C=O) groups excluding carboxylic acids is 1. The van der Waals surface area contributed by atoms with Crippen LogP contribution in [0.5, 0.6) is 0 Å². The van der Waals surface area contributed by atoms with Gasteiger partial charge >= 0.3 is 0 Å². The van der Waals surface area contributed by atoms with Gasteiger partial charge in [0.15, 0.2) is 11.5 Å². The monoisotopic (exact) mass is 346 g/mol. The minimum absolute atomic E-state index is 0.0794. The van der Waals surface area contributed by atoms with Crippen molar-refractivity contribution in [3.8, 4) is 11.3 Å². The molecule has 0 radical (unpaired) electrons. The average Bonchev–Trinajstić information content (AvgIpc) is 3.16. The molecule has 24 heavy (non-hydrogen) atoms. The van der Waals surface area contributed by atoms with Gasteiger partial charge in [-0.2, -0.15) is 0 Å². The molecule has 3 rings (SSSR count). The predicted octanol–water partition coefficient (Wildman–Crippen LogP) is 4.96. The highest BCUT2D eigenvalue weighted by Gasteiger charge is 2.25. The van der Waals surface area contributed by atoms with Gasteiger partial charge in [0.05, 0.1) is 0 Å². The van der Waals surface area contributed by atoms with Crippen molar-refractivity contribution >= 4 is 17.5 Å². The Hall–Kier alpha value is -1.81. The zero-order valence-corrected chi connectivity index (χ0v) is 15.1. The number of benzene rings is 1. The zero-order valence-electron chi connectivity index (χ0n) is 14.4. The van der Waals surface area contributed by atoms with Crippen molar-refractivity contribution in [2.24, 2.45) is 0 Å². The molecule has 1 fully saturated rings. The Balaban J connectivity index is 1.80. The minimum Gasteiger partial charge on any atom is -0.354 e. The summed E-state index contributed by atoms with van der Waals surface area (Å²) >= 11 is 6.35. The summed E-state index contributed by atoms with van der Waals surface area (Å²) in [7, 11) is 0. The summed E-state index contributed by atoms with van der Waals surface area (Å²) in [6.45, 7) is 6.48. The molecule has 4 nitrogen and oxygen atoms in total. The van der Waals surface area contributed by atoms with E-state index in [1.165, 1.54) is 5.56 Å². The molecule has 128 valence electrons. The quantitative estimate of drug-likeness (QED) is 0.854. The van der Waals surface area contributed by atoms with Crippen LogP contribution in [0.15, 0.2) is 28.8 Å². The highest BCUT2D eigenvalue weighted by atomic mass is 35.5. The number of amides is 1. The lowest BCUT2D eigenvalue weighted by Crippen LogP contribution is -2.32. The van der Waals surface area contributed by atoms with Gasteiger partial charge in [-0.3, -0.25) is 4.79 Å². The maximum atomic E-state index is 12.3. The molecular weight excluding hydrogens is 324 g/mol. The van der Waals surface area contributed by atoms with Crippen LogP contribution in [0, 0.1) is 0 Å². The molecule has 0 unspecified atom stereocenters. The van der Waals surface area contributed by atoms with Crippen LogP contribution in [-0.4, -0.2) is 17.1 Å². The molecule has 0 saturated heterocycles.